The topological polar surface area (TPSA) is 86.0 Å². The van der Waals surface area contributed by atoms with Gasteiger partial charge in [0.05, 0.1) is 5.39 Å². The zero-order valence-corrected chi connectivity index (χ0v) is 18.0. The maximum atomic E-state index is 12.7. The van der Waals surface area contributed by atoms with Gasteiger partial charge in [-0.25, -0.2) is 9.78 Å². The number of anilines is 1. The summed E-state index contributed by atoms with van der Waals surface area (Å²) in [5.74, 6) is -0.101. The lowest BCUT2D eigenvalue weighted by atomic mass is 10.00. The van der Waals surface area contributed by atoms with Crippen LogP contribution in [0.4, 0.5) is 5.69 Å². The van der Waals surface area contributed by atoms with Crippen LogP contribution in [0, 0.1) is 13.8 Å². The molecule has 7 nitrogen and oxygen atoms in total. The van der Waals surface area contributed by atoms with Gasteiger partial charge < -0.3 is 5.32 Å². The first-order chi connectivity index (χ1) is 13.7. The van der Waals surface area contributed by atoms with E-state index in [4.69, 9.17) is 0 Å². The van der Waals surface area contributed by atoms with Gasteiger partial charge in [0.1, 0.15) is 5.65 Å². The van der Waals surface area contributed by atoms with Crippen LogP contribution in [0.5, 0.6) is 0 Å². The van der Waals surface area contributed by atoms with E-state index in [0.29, 0.717) is 17.5 Å². The number of carbonyl (C=O) groups excluding carboxylic acids is 1. The third-order valence-corrected chi connectivity index (χ3v) is 5.85. The number of fused-ring (bicyclic) bond motifs is 1. The molecular formula is C21H24N4O3S. The van der Waals surface area contributed by atoms with E-state index in [1.54, 1.807) is 18.8 Å². The molecule has 0 atom stereocenters. The Morgan fingerprint density at radius 2 is 1.90 bits per heavy atom. The van der Waals surface area contributed by atoms with E-state index < -0.39 is 5.69 Å². The van der Waals surface area contributed by atoms with E-state index in [0.717, 1.165) is 32.0 Å². The van der Waals surface area contributed by atoms with Crippen molar-refractivity contribution in [2.45, 2.75) is 31.6 Å². The van der Waals surface area contributed by atoms with Gasteiger partial charge in [0, 0.05) is 36.8 Å². The van der Waals surface area contributed by atoms with E-state index in [1.807, 2.05) is 44.4 Å². The number of nitrogens with one attached hydrogen (secondary N) is 1. The monoisotopic (exact) mass is 412 g/mol. The van der Waals surface area contributed by atoms with Gasteiger partial charge in [-0.3, -0.25) is 18.7 Å². The molecule has 0 saturated heterocycles. The number of amides is 1. The Balaban J connectivity index is 1.89. The third-order valence-electron chi connectivity index (χ3n) is 5.13. The second-order valence-corrected chi connectivity index (χ2v) is 7.86. The Morgan fingerprint density at radius 3 is 2.59 bits per heavy atom. The smallest absolute Gasteiger partial charge is 0.326 e. The summed E-state index contributed by atoms with van der Waals surface area (Å²) in [5.41, 5.74) is 2.70. The maximum Gasteiger partial charge on any atom is 0.332 e. The number of carbonyl (C=O) groups is 1. The number of rotatable bonds is 5. The van der Waals surface area contributed by atoms with Crippen LogP contribution >= 0.6 is 11.8 Å². The van der Waals surface area contributed by atoms with Gasteiger partial charge in [0.25, 0.3) is 5.56 Å². The fourth-order valence-corrected chi connectivity index (χ4v) is 3.93. The Hall–Kier alpha value is -2.87. The zero-order chi connectivity index (χ0) is 21.3. The number of thioether (sulfide) groups is 1. The molecule has 0 aliphatic carbocycles. The van der Waals surface area contributed by atoms with Crippen molar-refractivity contribution in [3.63, 3.8) is 0 Å². The molecule has 29 heavy (non-hydrogen) atoms. The quantitative estimate of drug-likeness (QED) is 0.651. The van der Waals surface area contributed by atoms with Crippen LogP contribution in [0.15, 0.2) is 38.8 Å². The van der Waals surface area contributed by atoms with Gasteiger partial charge in [-0.1, -0.05) is 6.07 Å². The zero-order valence-electron chi connectivity index (χ0n) is 17.2. The van der Waals surface area contributed by atoms with Crippen LogP contribution in [-0.4, -0.2) is 26.3 Å². The highest BCUT2D eigenvalue weighted by atomic mass is 32.2. The lowest BCUT2D eigenvalue weighted by Gasteiger charge is -2.15. The second-order valence-electron chi connectivity index (χ2n) is 6.99. The van der Waals surface area contributed by atoms with Crippen molar-refractivity contribution in [3.8, 4) is 0 Å². The van der Waals surface area contributed by atoms with Crippen LogP contribution in [0.3, 0.4) is 0 Å². The summed E-state index contributed by atoms with van der Waals surface area (Å²) in [7, 11) is 3.06. The van der Waals surface area contributed by atoms with Crippen molar-refractivity contribution in [2.24, 2.45) is 14.1 Å². The summed E-state index contributed by atoms with van der Waals surface area (Å²) < 4.78 is 2.47. The molecule has 0 fully saturated rings. The summed E-state index contributed by atoms with van der Waals surface area (Å²) in [6, 6.07) is 7.68. The first-order valence-corrected chi connectivity index (χ1v) is 10.5. The number of nitrogens with zero attached hydrogens (tertiary/aromatic N) is 3. The van der Waals surface area contributed by atoms with Gasteiger partial charge in [0.15, 0.2) is 0 Å². The number of hydrogen-bond donors (Lipinski definition) is 1. The minimum Gasteiger partial charge on any atom is -0.326 e. The van der Waals surface area contributed by atoms with Crippen LogP contribution in [0.1, 0.15) is 23.2 Å². The van der Waals surface area contributed by atoms with Crippen molar-refractivity contribution in [3.05, 3.63) is 61.9 Å². The highest BCUT2D eigenvalue weighted by molar-refractivity contribution is 7.98. The molecule has 3 rings (SSSR count). The van der Waals surface area contributed by atoms with Gasteiger partial charge in [-0.15, -0.1) is 11.8 Å². The predicted molar refractivity (Wildman–Crippen MR) is 117 cm³/mol. The summed E-state index contributed by atoms with van der Waals surface area (Å²) in [6.45, 7) is 3.68. The largest absolute Gasteiger partial charge is 0.332 e. The molecule has 0 radical (unpaired) electrons. The van der Waals surface area contributed by atoms with Crippen LogP contribution in [0.25, 0.3) is 11.0 Å². The molecule has 152 valence electrons. The van der Waals surface area contributed by atoms with Crippen molar-refractivity contribution in [2.75, 3.05) is 11.6 Å². The number of aryl methyl sites for hydroxylation is 3. The van der Waals surface area contributed by atoms with Crippen LogP contribution < -0.4 is 16.6 Å². The average Bonchev–Trinajstić information content (AvgIpc) is 2.70. The molecule has 1 amide bonds. The molecular weight excluding hydrogens is 388 g/mol. The maximum absolute atomic E-state index is 12.7. The minimum atomic E-state index is -0.409. The van der Waals surface area contributed by atoms with Gasteiger partial charge in [0.2, 0.25) is 5.91 Å². The fourth-order valence-electron chi connectivity index (χ4n) is 3.47. The normalized spacial score (nSPS) is 11.1. The summed E-state index contributed by atoms with van der Waals surface area (Å²) >= 11 is 1.61. The molecule has 0 aliphatic heterocycles. The lowest BCUT2D eigenvalue weighted by molar-refractivity contribution is -0.116. The van der Waals surface area contributed by atoms with Gasteiger partial charge >= 0.3 is 5.69 Å². The molecule has 2 aromatic heterocycles. The summed E-state index contributed by atoms with van der Waals surface area (Å²) in [4.78, 5) is 42.8. The molecule has 0 aliphatic rings. The van der Waals surface area contributed by atoms with E-state index >= 15 is 0 Å². The Bertz CT molecular complexity index is 1230. The first kappa shape index (κ1) is 20.9. The standard InChI is InChI=1S/C21H24N4O3S/c1-12-16(9-10-17(26)23-14-7-6-8-15(11-14)29-5)13(2)22-19-18(12)20(27)25(4)21(28)24(19)3/h6-8,11H,9-10H2,1-5H3,(H,23,26). The molecule has 1 N–H and O–H groups in total. The predicted octanol–water partition coefficient (Wildman–Crippen LogP) is 2.54. The molecule has 8 heteroatoms. The SMILES string of the molecule is CSc1cccc(NC(=O)CCc2c(C)nc3c(c2C)c(=O)n(C)c(=O)n3C)c1. The molecule has 0 spiro atoms. The Kier molecular flexibility index (Phi) is 5.93. The molecule has 1 aromatic carbocycles. The number of hydrogen-bond acceptors (Lipinski definition) is 5. The Morgan fingerprint density at radius 1 is 1.17 bits per heavy atom. The third kappa shape index (κ3) is 3.98. The molecule has 2 heterocycles. The average molecular weight is 413 g/mol. The molecule has 3 aromatic rings. The lowest BCUT2D eigenvalue weighted by Crippen LogP contribution is -2.38. The van der Waals surface area contributed by atoms with Crippen molar-refractivity contribution in [1.82, 2.24) is 14.1 Å². The first-order valence-electron chi connectivity index (χ1n) is 9.24. The molecule has 0 unspecified atom stereocenters. The van der Waals surface area contributed by atoms with E-state index in [9.17, 15) is 14.4 Å². The van der Waals surface area contributed by atoms with E-state index in [2.05, 4.69) is 10.3 Å². The van der Waals surface area contributed by atoms with Crippen molar-refractivity contribution >= 4 is 34.4 Å². The minimum absolute atomic E-state index is 0.101. The number of benzene rings is 1. The van der Waals surface area contributed by atoms with E-state index in [1.165, 1.54) is 11.6 Å². The summed E-state index contributed by atoms with van der Waals surface area (Å²) in [5, 5.41) is 3.34. The van der Waals surface area contributed by atoms with E-state index in [-0.39, 0.29) is 17.9 Å². The Labute approximate surface area is 172 Å². The van der Waals surface area contributed by atoms with Crippen molar-refractivity contribution in [1.29, 1.82) is 0 Å². The fraction of sp³-hybridized carbons (Fsp3) is 0.333. The van der Waals surface area contributed by atoms with Crippen molar-refractivity contribution < 1.29 is 4.79 Å². The number of aromatic nitrogens is 3. The summed E-state index contributed by atoms with van der Waals surface area (Å²) in [6.07, 6.45) is 2.71. The van der Waals surface area contributed by atoms with Gasteiger partial charge in [-0.2, -0.15) is 0 Å². The van der Waals surface area contributed by atoms with Crippen LogP contribution in [0.2, 0.25) is 0 Å². The highest BCUT2D eigenvalue weighted by Crippen LogP contribution is 2.22. The highest BCUT2D eigenvalue weighted by Gasteiger charge is 2.17. The van der Waals surface area contributed by atoms with Crippen LogP contribution in [-0.2, 0) is 25.3 Å². The number of pyridine rings is 1. The molecule has 0 bridgehead atoms. The van der Waals surface area contributed by atoms with Gasteiger partial charge in [-0.05, 0) is 55.9 Å². The molecule has 0 saturated carbocycles. The second kappa shape index (κ2) is 8.24.